The Hall–Kier alpha value is -0.590. The average Bonchev–Trinajstić information content (AvgIpc) is 2.86. The summed E-state index contributed by atoms with van der Waals surface area (Å²) in [5, 5.41) is 15.1. The molecule has 0 aliphatic rings. The molecule has 0 radical (unpaired) electrons. The lowest BCUT2D eigenvalue weighted by atomic mass is 10.7. The van der Waals surface area contributed by atoms with Crippen LogP contribution in [0.5, 0.6) is 0 Å². The minimum absolute atomic E-state index is 0.881. The molecule has 0 aliphatic carbocycles. The first-order valence-corrected chi connectivity index (χ1v) is 6.73. The molecule has 2 rings (SSSR count). The third-order valence-corrected chi connectivity index (χ3v) is 4.78. The summed E-state index contributed by atoms with van der Waals surface area (Å²) in [7, 11) is 1.86. The molecule has 0 amide bonds. The van der Waals surface area contributed by atoms with Crippen molar-refractivity contribution >= 4 is 39.6 Å². The number of anilines is 1. The second kappa shape index (κ2) is 4.77. The van der Waals surface area contributed by atoms with Gasteiger partial charge in [-0.05, 0) is 11.4 Å². The molecule has 0 fully saturated rings. The minimum Gasteiger partial charge on any atom is -0.363 e. The van der Waals surface area contributed by atoms with Gasteiger partial charge in [0.25, 0.3) is 0 Å². The third-order valence-electron chi connectivity index (χ3n) is 1.51. The lowest BCUT2D eigenvalue weighted by Crippen LogP contribution is -1.84. The van der Waals surface area contributed by atoms with Crippen LogP contribution in [0.25, 0.3) is 0 Å². The molecule has 2 heterocycles. The zero-order chi connectivity index (χ0) is 9.80. The fourth-order valence-corrected chi connectivity index (χ4v) is 3.35. The van der Waals surface area contributed by atoms with E-state index in [1.54, 1.807) is 34.4 Å². The fourth-order valence-electron chi connectivity index (χ4n) is 0.891. The first-order chi connectivity index (χ1) is 6.88. The van der Waals surface area contributed by atoms with E-state index in [1.807, 2.05) is 7.05 Å². The highest BCUT2D eigenvalue weighted by molar-refractivity contribution is 8.00. The summed E-state index contributed by atoms with van der Waals surface area (Å²) >= 11 is 5.17. The maximum absolute atomic E-state index is 4.08. The van der Waals surface area contributed by atoms with Crippen molar-refractivity contribution in [1.29, 1.82) is 0 Å². The van der Waals surface area contributed by atoms with Gasteiger partial charge in [-0.3, -0.25) is 0 Å². The van der Waals surface area contributed by atoms with Crippen LogP contribution in [0.2, 0.25) is 0 Å². The van der Waals surface area contributed by atoms with Gasteiger partial charge in [0.15, 0.2) is 0 Å². The molecule has 0 spiro atoms. The highest BCUT2D eigenvalue weighted by Crippen LogP contribution is 2.28. The van der Waals surface area contributed by atoms with E-state index in [0.717, 1.165) is 15.9 Å². The second-order valence-corrected chi connectivity index (χ2v) is 5.76. The molecular weight excluding hydrogens is 234 g/mol. The quantitative estimate of drug-likeness (QED) is 0.838. The van der Waals surface area contributed by atoms with Gasteiger partial charge in [-0.2, -0.15) is 0 Å². The standard InChI is InChI=1S/C8H9N3S3/c1-9-8-11-10-6(14-8)5-13-7-3-2-4-12-7/h2-4H,5H2,1H3,(H,9,11). The normalized spacial score (nSPS) is 10.4. The molecule has 0 bridgehead atoms. The average molecular weight is 243 g/mol. The Morgan fingerprint density at radius 2 is 2.43 bits per heavy atom. The number of hydrogen-bond donors (Lipinski definition) is 1. The van der Waals surface area contributed by atoms with E-state index in [4.69, 9.17) is 0 Å². The van der Waals surface area contributed by atoms with Crippen molar-refractivity contribution in [3.8, 4) is 0 Å². The molecule has 0 saturated carbocycles. The summed E-state index contributed by atoms with van der Waals surface area (Å²) in [5.74, 6) is 0.903. The van der Waals surface area contributed by atoms with Crippen molar-refractivity contribution in [3.05, 3.63) is 22.5 Å². The summed E-state index contributed by atoms with van der Waals surface area (Å²) in [6.07, 6.45) is 0. The number of nitrogens with zero attached hydrogens (tertiary/aromatic N) is 2. The van der Waals surface area contributed by atoms with Crippen LogP contribution >= 0.6 is 34.4 Å². The first kappa shape index (κ1) is 9.95. The SMILES string of the molecule is CNc1nnc(CSc2cccs2)s1. The predicted molar refractivity (Wildman–Crippen MR) is 63.3 cm³/mol. The number of aromatic nitrogens is 2. The van der Waals surface area contributed by atoms with Crippen LogP contribution in [-0.2, 0) is 5.75 Å². The van der Waals surface area contributed by atoms with Crippen LogP contribution in [0.4, 0.5) is 5.13 Å². The maximum atomic E-state index is 4.08. The zero-order valence-electron chi connectivity index (χ0n) is 7.56. The third kappa shape index (κ3) is 2.46. The van der Waals surface area contributed by atoms with Crippen molar-refractivity contribution in [2.45, 2.75) is 9.96 Å². The molecule has 0 unspecified atom stereocenters. The van der Waals surface area contributed by atoms with E-state index in [0.29, 0.717) is 0 Å². The highest BCUT2D eigenvalue weighted by Gasteiger charge is 2.03. The number of hydrogen-bond acceptors (Lipinski definition) is 6. The molecule has 6 heteroatoms. The van der Waals surface area contributed by atoms with Gasteiger partial charge in [-0.15, -0.1) is 33.3 Å². The van der Waals surface area contributed by atoms with Gasteiger partial charge >= 0.3 is 0 Å². The largest absolute Gasteiger partial charge is 0.363 e. The van der Waals surface area contributed by atoms with Gasteiger partial charge in [-0.25, -0.2) is 0 Å². The van der Waals surface area contributed by atoms with Crippen LogP contribution < -0.4 is 5.32 Å². The van der Waals surface area contributed by atoms with Gasteiger partial charge in [0, 0.05) is 7.05 Å². The van der Waals surface area contributed by atoms with E-state index >= 15 is 0 Å². The van der Waals surface area contributed by atoms with Gasteiger partial charge in [0.2, 0.25) is 5.13 Å². The number of rotatable bonds is 4. The Kier molecular flexibility index (Phi) is 3.39. The van der Waals surface area contributed by atoms with E-state index in [9.17, 15) is 0 Å². The summed E-state index contributed by atoms with van der Waals surface area (Å²) in [6, 6.07) is 4.18. The molecule has 0 atom stereocenters. The Morgan fingerprint density at radius 1 is 1.50 bits per heavy atom. The van der Waals surface area contributed by atoms with Crippen molar-refractivity contribution in [3.63, 3.8) is 0 Å². The molecular formula is C8H9N3S3. The molecule has 14 heavy (non-hydrogen) atoms. The molecule has 0 aliphatic heterocycles. The second-order valence-electron chi connectivity index (χ2n) is 2.47. The summed E-state index contributed by atoms with van der Waals surface area (Å²) in [6.45, 7) is 0. The summed E-state index contributed by atoms with van der Waals surface area (Å²) in [4.78, 5) is 0. The van der Waals surface area contributed by atoms with E-state index in [1.165, 1.54) is 4.21 Å². The fraction of sp³-hybridized carbons (Fsp3) is 0.250. The lowest BCUT2D eigenvalue weighted by Gasteiger charge is -1.91. The van der Waals surface area contributed by atoms with Crippen molar-refractivity contribution < 1.29 is 0 Å². The zero-order valence-corrected chi connectivity index (χ0v) is 10.0. The van der Waals surface area contributed by atoms with Gasteiger partial charge < -0.3 is 5.32 Å². The van der Waals surface area contributed by atoms with Gasteiger partial charge in [0.05, 0.1) is 9.96 Å². The van der Waals surface area contributed by atoms with Gasteiger partial charge in [-0.1, -0.05) is 17.4 Å². The Labute approximate surface area is 94.6 Å². The number of thioether (sulfide) groups is 1. The monoisotopic (exact) mass is 243 g/mol. The Bertz CT molecular complexity index is 382. The Morgan fingerprint density at radius 3 is 3.07 bits per heavy atom. The molecule has 0 saturated heterocycles. The molecule has 3 nitrogen and oxygen atoms in total. The topological polar surface area (TPSA) is 37.8 Å². The highest BCUT2D eigenvalue weighted by atomic mass is 32.2. The lowest BCUT2D eigenvalue weighted by molar-refractivity contribution is 1.04. The molecule has 2 aromatic heterocycles. The van der Waals surface area contributed by atoms with E-state index < -0.39 is 0 Å². The van der Waals surface area contributed by atoms with E-state index in [2.05, 4.69) is 33.0 Å². The predicted octanol–water partition coefficient (Wildman–Crippen LogP) is 2.93. The molecule has 74 valence electrons. The smallest absolute Gasteiger partial charge is 0.205 e. The maximum Gasteiger partial charge on any atom is 0.205 e. The van der Waals surface area contributed by atoms with Crippen LogP contribution in [0.15, 0.2) is 21.7 Å². The van der Waals surface area contributed by atoms with Crippen LogP contribution in [-0.4, -0.2) is 17.2 Å². The Balaban J connectivity index is 1.92. The van der Waals surface area contributed by atoms with Crippen LogP contribution in [0, 0.1) is 0 Å². The molecule has 0 aromatic carbocycles. The van der Waals surface area contributed by atoms with Crippen LogP contribution in [0.1, 0.15) is 5.01 Å². The summed E-state index contributed by atoms with van der Waals surface area (Å²) in [5.41, 5.74) is 0. The van der Waals surface area contributed by atoms with Crippen molar-refractivity contribution in [2.75, 3.05) is 12.4 Å². The molecule has 2 aromatic rings. The van der Waals surface area contributed by atoms with Crippen molar-refractivity contribution in [2.24, 2.45) is 0 Å². The van der Waals surface area contributed by atoms with Crippen LogP contribution in [0.3, 0.4) is 0 Å². The van der Waals surface area contributed by atoms with E-state index in [-0.39, 0.29) is 0 Å². The summed E-state index contributed by atoms with van der Waals surface area (Å²) < 4.78 is 1.33. The number of thiophene rings is 1. The number of nitrogens with one attached hydrogen (secondary N) is 1. The first-order valence-electron chi connectivity index (χ1n) is 4.05. The van der Waals surface area contributed by atoms with Crippen molar-refractivity contribution in [1.82, 2.24) is 10.2 Å². The minimum atomic E-state index is 0.881. The van der Waals surface area contributed by atoms with Gasteiger partial charge in [0.1, 0.15) is 5.01 Å². The molecule has 1 N–H and O–H groups in total.